The smallest absolute Gasteiger partial charge is 0.0986 e. The number of hydrogen-bond acceptors (Lipinski definition) is 2. The van der Waals surface area contributed by atoms with Gasteiger partial charge in [-0.05, 0) is 25.5 Å². The zero-order valence-corrected chi connectivity index (χ0v) is 11.4. The fourth-order valence-corrected chi connectivity index (χ4v) is 2.01. The van der Waals surface area contributed by atoms with Gasteiger partial charge in [0.2, 0.25) is 0 Å². The molecular formula is C16H23NO. The van der Waals surface area contributed by atoms with Gasteiger partial charge in [-0.2, -0.15) is 0 Å². The molecule has 1 N–H and O–H groups in total. The van der Waals surface area contributed by atoms with E-state index in [1.165, 1.54) is 5.56 Å². The Kier molecular flexibility index (Phi) is 7.17. The number of ether oxygens (including phenoxy) is 1. The second-order valence-corrected chi connectivity index (χ2v) is 4.26. The van der Waals surface area contributed by atoms with Crippen molar-refractivity contribution < 1.29 is 4.74 Å². The summed E-state index contributed by atoms with van der Waals surface area (Å²) in [5, 5.41) is 3.49. The van der Waals surface area contributed by atoms with E-state index in [-0.39, 0.29) is 12.1 Å². The van der Waals surface area contributed by atoms with Gasteiger partial charge in [0.15, 0.2) is 0 Å². The normalized spacial score (nSPS) is 13.8. The molecule has 1 aromatic carbocycles. The largest absolute Gasteiger partial charge is 0.372 e. The van der Waals surface area contributed by atoms with E-state index < -0.39 is 0 Å². The first-order valence-corrected chi connectivity index (χ1v) is 6.66. The molecule has 0 aromatic heterocycles. The summed E-state index contributed by atoms with van der Waals surface area (Å²) in [6, 6.07) is 10.5. The fraction of sp³-hybridized carbons (Fsp3) is 0.500. The van der Waals surface area contributed by atoms with Gasteiger partial charge in [-0.25, -0.2) is 0 Å². The Morgan fingerprint density at radius 3 is 2.56 bits per heavy atom. The van der Waals surface area contributed by atoms with Gasteiger partial charge in [0, 0.05) is 19.1 Å². The van der Waals surface area contributed by atoms with E-state index >= 15 is 0 Å². The zero-order chi connectivity index (χ0) is 13.2. The average molecular weight is 245 g/mol. The van der Waals surface area contributed by atoms with E-state index in [0.717, 1.165) is 13.0 Å². The molecule has 0 spiro atoms. The van der Waals surface area contributed by atoms with E-state index in [0.29, 0.717) is 13.0 Å². The monoisotopic (exact) mass is 245 g/mol. The molecule has 0 aliphatic rings. The van der Waals surface area contributed by atoms with E-state index in [1.54, 1.807) is 0 Å². The molecule has 0 radical (unpaired) electrons. The lowest BCUT2D eigenvalue weighted by atomic mass is 9.99. The van der Waals surface area contributed by atoms with Crippen LogP contribution in [0.4, 0.5) is 0 Å². The molecule has 2 atom stereocenters. The molecule has 0 saturated heterocycles. The van der Waals surface area contributed by atoms with E-state index in [4.69, 9.17) is 11.2 Å². The summed E-state index contributed by atoms with van der Waals surface area (Å²) in [5.74, 6) is 2.74. The minimum Gasteiger partial charge on any atom is -0.372 e. The maximum absolute atomic E-state index is 5.88. The molecule has 1 rings (SSSR count). The van der Waals surface area contributed by atoms with Crippen LogP contribution in [0.1, 0.15) is 38.4 Å². The molecule has 2 nitrogen and oxygen atoms in total. The Balaban J connectivity index is 2.82. The van der Waals surface area contributed by atoms with Crippen LogP contribution in [0.15, 0.2) is 30.3 Å². The van der Waals surface area contributed by atoms with Crippen molar-refractivity contribution >= 4 is 0 Å². The van der Waals surface area contributed by atoms with Gasteiger partial charge in [-0.1, -0.05) is 37.3 Å². The predicted octanol–water partition coefficient (Wildman–Crippen LogP) is 3.16. The first-order valence-electron chi connectivity index (χ1n) is 6.66. The van der Waals surface area contributed by atoms with Crippen molar-refractivity contribution in [2.75, 3.05) is 13.2 Å². The zero-order valence-electron chi connectivity index (χ0n) is 11.4. The summed E-state index contributed by atoms with van der Waals surface area (Å²) in [6.07, 6.45) is 7.27. The van der Waals surface area contributed by atoms with Crippen molar-refractivity contribution in [3.05, 3.63) is 35.9 Å². The van der Waals surface area contributed by atoms with Crippen LogP contribution in [-0.4, -0.2) is 19.2 Å². The van der Waals surface area contributed by atoms with Gasteiger partial charge in [-0.15, -0.1) is 12.3 Å². The van der Waals surface area contributed by atoms with E-state index in [9.17, 15) is 0 Å². The second kappa shape index (κ2) is 8.74. The standard InChI is InChI=1S/C16H23NO/c1-4-10-15(17-13-5-2)16(18-6-3)14-11-8-7-9-12-14/h1,7-9,11-12,15-17H,5-6,10,13H2,2-3H3. The summed E-state index contributed by atoms with van der Waals surface area (Å²) in [4.78, 5) is 0. The molecule has 0 bridgehead atoms. The highest BCUT2D eigenvalue weighted by atomic mass is 16.5. The SMILES string of the molecule is C#CCC(NCCC)C(OCC)c1ccccc1. The van der Waals surface area contributed by atoms with Crippen LogP contribution in [0.2, 0.25) is 0 Å². The van der Waals surface area contributed by atoms with Crippen molar-refractivity contribution in [3.63, 3.8) is 0 Å². The number of nitrogens with one attached hydrogen (secondary N) is 1. The Labute approximate surface area is 111 Å². The van der Waals surface area contributed by atoms with Crippen LogP contribution in [0.25, 0.3) is 0 Å². The molecule has 0 saturated carbocycles. The minimum atomic E-state index is 0.0267. The molecule has 2 unspecified atom stereocenters. The number of hydrogen-bond donors (Lipinski definition) is 1. The quantitative estimate of drug-likeness (QED) is 0.710. The Bertz CT molecular complexity index is 355. The first-order chi connectivity index (χ1) is 8.83. The van der Waals surface area contributed by atoms with Crippen LogP contribution >= 0.6 is 0 Å². The summed E-state index contributed by atoms with van der Waals surface area (Å²) in [7, 11) is 0. The van der Waals surface area contributed by atoms with Crippen molar-refractivity contribution in [1.29, 1.82) is 0 Å². The Hall–Kier alpha value is -1.30. The molecule has 2 heteroatoms. The van der Waals surface area contributed by atoms with Crippen molar-refractivity contribution in [1.82, 2.24) is 5.32 Å². The highest BCUT2D eigenvalue weighted by molar-refractivity contribution is 5.20. The lowest BCUT2D eigenvalue weighted by Crippen LogP contribution is -2.36. The van der Waals surface area contributed by atoms with Crippen LogP contribution in [0.5, 0.6) is 0 Å². The van der Waals surface area contributed by atoms with Crippen LogP contribution < -0.4 is 5.32 Å². The summed E-state index contributed by atoms with van der Waals surface area (Å²) in [6.45, 7) is 5.82. The topological polar surface area (TPSA) is 21.3 Å². The molecule has 0 aliphatic heterocycles. The van der Waals surface area contributed by atoms with Crippen LogP contribution in [0.3, 0.4) is 0 Å². The lowest BCUT2D eigenvalue weighted by molar-refractivity contribution is 0.0345. The van der Waals surface area contributed by atoms with Crippen molar-refractivity contribution in [2.24, 2.45) is 0 Å². The summed E-state index contributed by atoms with van der Waals surface area (Å²) in [5.41, 5.74) is 1.18. The molecule has 0 amide bonds. The molecule has 98 valence electrons. The summed E-state index contributed by atoms with van der Waals surface area (Å²) < 4.78 is 5.88. The highest BCUT2D eigenvalue weighted by Gasteiger charge is 2.22. The number of rotatable bonds is 8. The Morgan fingerprint density at radius 1 is 1.28 bits per heavy atom. The van der Waals surface area contributed by atoms with E-state index in [1.807, 2.05) is 25.1 Å². The molecular weight excluding hydrogens is 222 g/mol. The van der Waals surface area contributed by atoms with E-state index in [2.05, 4.69) is 30.3 Å². The third kappa shape index (κ3) is 4.52. The highest BCUT2D eigenvalue weighted by Crippen LogP contribution is 2.23. The first kappa shape index (κ1) is 14.8. The average Bonchev–Trinajstić information content (AvgIpc) is 2.42. The Morgan fingerprint density at radius 2 is 2.00 bits per heavy atom. The van der Waals surface area contributed by atoms with Gasteiger partial charge in [-0.3, -0.25) is 0 Å². The van der Waals surface area contributed by atoms with Crippen molar-refractivity contribution in [3.8, 4) is 12.3 Å². The number of terminal acetylenes is 1. The molecule has 0 heterocycles. The third-order valence-corrected chi connectivity index (χ3v) is 2.83. The van der Waals surface area contributed by atoms with Gasteiger partial charge in [0.1, 0.15) is 0 Å². The number of benzene rings is 1. The van der Waals surface area contributed by atoms with Crippen LogP contribution in [-0.2, 0) is 4.74 Å². The maximum atomic E-state index is 5.88. The van der Waals surface area contributed by atoms with Gasteiger partial charge < -0.3 is 10.1 Å². The molecule has 18 heavy (non-hydrogen) atoms. The molecule has 0 fully saturated rings. The predicted molar refractivity (Wildman–Crippen MR) is 76.3 cm³/mol. The van der Waals surface area contributed by atoms with Crippen molar-refractivity contribution in [2.45, 2.75) is 38.8 Å². The second-order valence-electron chi connectivity index (χ2n) is 4.26. The van der Waals surface area contributed by atoms with Gasteiger partial charge in [0.05, 0.1) is 6.10 Å². The third-order valence-electron chi connectivity index (χ3n) is 2.83. The summed E-state index contributed by atoms with van der Waals surface area (Å²) >= 11 is 0. The van der Waals surface area contributed by atoms with Crippen LogP contribution in [0, 0.1) is 12.3 Å². The minimum absolute atomic E-state index is 0.0267. The fourth-order valence-electron chi connectivity index (χ4n) is 2.01. The maximum Gasteiger partial charge on any atom is 0.0986 e. The lowest BCUT2D eigenvalue weighted by Gasteiger charge is -2.27. The molecule has 0 aliphatic carbocycles. The van der Waals surface area contributed by atoms with Gasteiger partial charge in [0.25, 0.3) is 0 Å². The molecule has 1 aromatic rings. The van der Waals surface area contributed by atoms with Gasteiger partial charge >= 0.3 is 0 Å².